The van der Waals surface area contributed by atoms with Crippen LogP contribution in [0, 0.1) is 5.41 Å². The van der Waals surface area contributed by atoms with Gasteiger partial charge >= 0.3 is 0 Å². The Morgan fingerprint density at radius 3 is 2.37 bits per heavy atom. The van der Waals surface area contributed by atoms with E-state index in [4.69, 9.17) is 5.41 Å². The minimum atomic E-state index is 0.150. The van der Waals surface area contributed by atoms with Gasteiger partial charge in [0.05, 0.1) is 0 Å². The molecule has 0 radical (unpaired) electrons. The zero-order chi connectivity index (χ0) is 21.1. The monoisotopic (exact) mass is 394 g/mol. The number of fused-ring (bicyclic) bond motifs is 1. The molecule has 2 nitrogen and oxygen atoms in total. The number of hydrogen-bond donors (Lipinski definition) is 1. The number of nitrogens with one attached hydrogen (secondary N) is 1. The van der Waals surface area contributed by atoms with Gasteiger partial charge in [-0.25, -0.2) is 0 Å². The van der Waals surface area contributed by atoms with Crippen LogP contribution >= 0.6 is 0 Å². The number of rotatable bonds is 7. The fourth-order valence-corrected chi connectivity index (χ4v) is 4.36. The summed E-state index contributed by atoms with van der Waals surface area (Å²) in [6, 6.07) is 26.0. The Kier molecular flexibility index (Phi) is 5.85. The Hall–Kier alpha value is -3.13. The first kappa shape index (κ1) is 20.2. The third-order valence-corrected chi connectivity index (χ3v) is 6.01. The molecule has 152 valence electrons. The standard InChI is InChI=1S/C28H30N2/c1-4-5-15-27(29)26-19-22(30(2)3)16-17-24(26)28-23-14-10-9-13-21(23)18-25(28)20-11-7-6-8-12-20/h6-14,16-19,28-29H,4-5,15H2,1-3H3. The summed E-state index contributed by atoms with van der Waals surface area (Å²) in [5, 5.41) is 8.89. The normalized spacial score (nSPS) is 14.9. The minimum Gasteiger partial charge on any atom is -0.378 e. The first-order chi connectivity index (χ1) is 14.6. The molecule has 0 bridgehead atoms. The summed E-state index contributed by atoms with van der Waals surface area (Å²) in [6.45, 7) is 2.19. The largest absolute Gasteiger partial charge is 0.378 e. The molecule has 1 aliphatic carbocycles. The SMILES string of the molecule is CCCCC(=N)c1cc(N(C)C)ccc1C1C(c2ccccc2)=Cc2ccccc21. The van der Waals surface area contributed by atoms with Gasteiger partial charge in [0.1, 0.15) is 0 Å². The zero-order valence-electron chi connectivity index (χ0n) is 18.2. The number of allylic oxidation sites excluding steroid dienone is 1. The molecule has 0 aromatic heterocycles. The van der Waals surface area contributed by atoms with Gasteiger partial charge in [-0.05, 0) is 58.9 Å². The van der Waals surface area contributed by atoms with E-state index in [-0.39, 0.29) is 5.92 Å². The van der Waals surface area contributed by atoms with Crippen LogP contribution in [0.4, 0.5) is 5.69 Å². The maximum Gasteiger partial charge on any atom is 0.0390 e. The molecular formula is C28H30N2. The number of nitrogens with zero attached hydrogens (tertiary/aromatic N) is 1. The van der Waals surface area contributed by atoms with Crippen LogP contribution in [0.1, 0.15) is 59.9 Å². The quantitative estimate of drug-likeness (QED) is 0.429. The number of unbranched alkanes of at least 4 members (excludes halogenated alkanes) is 1. The van der Waals surface area contributed by atoms with Gasteiger partial charge in [0, 0.05) is 37.0 Å². The van der Waals surface area contributed by atoms with E-state index >= 15 is 0 Å². The van der Waals surface area contributed by atoms with Gasteiger partial charge in [-0.15, -0.1) is 0 Å². The van der Waals surface area contributed by atoms with Crippen molar-refractivity contribution in [2.24, 2.45) is 0 Å². The number of benzene rings is 3. The van der Waals surface area contributed by atoms with Crippen LogP contribution in [-0.2, 0) is 0 Å². The molecule has 1 aliphatic rings. The second-order valence-electron chi connectivity index (χ2n) is 8.28. The highest BCUT2D eigenvalue weighted by atomic mass is 15.1. The summed E-state index contributed by atoms with van der Waals surface area (Å²) >= 11 is 0. The molecule has 2 heteroatoms. The van der Waals surface area contributed by atoms with Gasteiger partial charge in [0.2, 0.25) is 0 Å². The van der Waals surface area contributed by atoms with Crippen molar-refractivity contribution in [3.63, 3.8) is 0 Å². The summed E-state index contributed by atoms with van der Waals surface area (Å²) in [5.41, 5.74) is 9.39. The second kappa shape index (κ2) is 8.71. The summed E-state index contributed by atoms with van der Waals surface area (Å²) in [6.07, 6.45) is 5.30. The molecule has 1 atom stereocenters. The molecule has 0 saturated carbocycles. The van der Waals surface area contributed by atoms with E-state index in [0.717, 1.165) is 36.2 Å². The van der Waals surface area contributed by atoms with Gasteiger partial charge < -0.3 is 10.3 Å². The number of anilines is 1. The lowest BCUT2D eigenvalue weighted by Gasteiger charge is -2.24. The van der Waals surface area contributed by atoms with Crippen molar-refractivity contribution in [2.75, 3.05) is 19.0 Å². The lowest BCUT2D eigenvalue weighted by molar-refractivity contribution is 0.832. The van der Waals surface area contributed by atoms with Crippen molar-refractivity contribution in [3.8, 4) is 0 Å². The van der Waals surface area contributed by atoms with Gasteiger partial charge in [0.15, 0.2) is 0 Å². The van der Waals surface area contributed by atoms with E-state index in [1.807, 2.05) is 0 Å². The molecule has 0 fully saturated rings. The van der Waals surface area contributed by atoms with Crippen molar-refractivity contribution in [1.29, 1.82) is 5.41 Å². The van der Waals surface area contributed by atoms with E-state index in [1.165, 1.54) is 27.8 Å². The zero-order valence-corrected chi connectivity index (χ0v) is 18.2. The van der Waals surface area contributed by atoms with E-state index in [0.29, 0.717) is 0 Å². The molecule has 0 saturated heterocycles. The average Bonchev–Trinajstić information content (AvgIpc) is 3.17. The van der Waals surface area contributed by atoms with Crippen LogP contribution in [0.25, 0.3) is 11.6 Å². The van der Waals surface area contributed by atoms with Crippen molar-refractivity contribution in [2.45, 2.75) is 32.1 Å². The molecule has 0 heterocycles. The first-order valence-corrected chi connectivity index (χ1v) is 10.8. The third kappa shape index (κ3) is 3.82. The molecular weight excluding hydrogens is 364 g/mol. The second-order valence-corrected chi connectivity index (χ2v) is 8.28. The van der Waals surface area contributed by atoms with Gasteiger partial charge in [-0.2, -0.15) is 0 Å². The van der Waals surface area contributed by atoms with Gasteiger partial charge in [0.25, 0.3) is 0 Å². The van der Waals surface area contributed by atoms with Crippen molar-refractivity contribution < 1.29 is 0 Å². The highest BCUT2D eigenvalue weighted by Gasteiger charge is 2.30. The topological polar surface area (TPSA) is 27.1 Å². The summed E-state index contributed by atoms with van der Waals surface area (Å²) < 4.78 is 0. The van der Waals surface area contributed by atoms with Crippen LogP contribution in [0.15, 0.2) is 72.8 Å². The lowest BCUT2D eigenvalue weighted by Crippen LogP contribution is -2.14. The predicted molar refractivity (Wildman–Crippen MR) is 130 cm³/mol. The minimum absolute atomic E-state index is 0.150. The van der Waals surface area contributed by atoms with Crippen LogP contribution in [0.5, 0.6) is 0 Å². The van der Waals surface area contributed by atoms with Crippen LogP contribution in [0.3, 0.4) is 0 Å². The Morgan fingerprint density at radius 2 is 1.63 bits per heavy atom. The molecule has 1 N–H and O–H groups in total. The molecule has 30 heavy (non-hydrogen) atoms. The summed E-state index contributed by atoms with van der Waals surface area (Å²) in [4.78, 5) is 2.12. The molecule has 3 aromatic rings. The Bertz CT molecular complexity index is 1080. The molecule has 0 spiro atoms. The van der Waals surface area contributed by atoms with Crippen LogP contribution in [-0.4, -0.2) is 19.8 Å². The summed E-state index contributed by atoms with van der Waals surface area (Å²) in [7, 11) is 4.13. The lowest BCUT2D eigenvalue weighted by atomic mass is 9.81. The van der Waals surface area contributed by atoms with Crippen molar-refractivity contribution in [3.05, 3.63) is 101 Å². The summed E-state index contributed by atoms with van der Waals surface area (Å²) in [5.74, 6) is 0.150. The fourth-order valence-electron chi connectivity index (χ4n) is 4.36. The fraction of sp³-hybridized carbons (Fsp3) is 0.250. The van der Waals surface area contributed by atoms with Crippen molar-refractivity contribution in [1.82, 2.24) is 0 Å². The van der Waals surface area contributed by atoms with E-state index in [9.17, 15) is 0 Å². The molecule has 4 rings (SSSR count). The Morgan fingerprint density at radius 1 is 0.900 bits per heavy atom. The first-order valence-electron chi connectivity index (χ1n) is 10.8. The molecule has 0 amide bonds. The third-order valence-electron chi connectivity index (χ3n) is 6.01. The highest BCUT2D eigenvalue weighted by Crippen LogP contribution is 2.47. The van der Waals surface area contributed by atoms with E-state index in [2.05, 4.69) is 105 Å². The predicted octanol–water partition coefficient (Wildman–Crippen LogP) is 7.00. The van der Waals surface area contributed by atoms with Crippen molar-refractivity contribution >= 4 is 23.0 Å². The Balaban J connectivity index is 1.88. The number of hydrogen-bond acceptors (Lipinski definition) is 2. The van der Waals surface area contributed by atoms with E-state index < -0.39 is 0 Å². The average molecular weight is 395 g/mol. The smallest absolute Gasteiger partial charge is 0.0390 e. The maximum atomic E-state index is 8.89. The Labute approximate surface area is 180 Å². The van der Waals surface area contributed by atoms with Gasteiger partial charge in [-0.3, -0.25) is 0 Å². The molecule has 0 aliphatic heterocycles. The highest BCUT2D eigenvalue weighted by molar-refractivity contribution is 6.03. The van der Waals surface area contributed by atoms with Crippen LogP contribution < -0.4 is 4.90 Å². The molecule has 3 aromatic carbocycles. The van der Waals surface area contributed by atoms with Gasteiger partial charge in [-0.1, -0.05) is 74.0 Å². The van der Waals surface area contributed by atoms with E-state index in [1.54, 1.807) is 0 Å². The maximum absolute atomic E-state index is 8.89. The molecule has 1 unspecified atom stereocenters. The van der Waals surface area contributed by atoms with Crippen LogP contribution in [0.2, 0.25) is 0 Å².